The molecule has 132 valence electrons. The number of ether oxygens (including phenoxy) is 1. The summed E-state index contributed by atoms with van der Waals surface area (Å²) in [4.78, 5) is 20.2. The van der Waals surface area contributed by atoms with Gasteiger partial charge in [0.1, 0.15) is 12.1 Å². The van der Waals surface area contributed by atoms with E-state index in [0.29, 0.717) is 28.1 Å². The number of pyridine rings is 1. The Morgan fingerprint density at radius 2 is 1.96 bits per heavy atom. The molecule has 0 spiro atoms. The summed E-state index contributed by atoms with van der Waals surface area (Å²) >= 11 is 0. The van der Waals surface area contributed by atoms with Gasteiger partial charge in [0, 0.05) is 36.2 Å². The van der Waals surface area contributed by atoms with Gasteiger partial charge in [-0.2, -0.15) is 0 Å². The van der Waals surface area contributed by atoms with E-state index >= 15 is 0 Å². The van der Waals surface area contributed by atoms with Crippen LogP contribution in [0.25, 0.3) is 11.1 Å². The normalized spacial score (nSPS) is 11.7. The molecule has 0 amide bonds. The predicted octanol–water partition coefficient (Wildman–Crippen LogP) is 2.13. The van der Waals surface area contributed by atoms with E-state index in [1.165, 1.54) is 30.1 Å². The molecule has 8 heteroatoms. The lowest BCUT2D eigenvalue weighted by molar-refractivity contribution is 0.416. The number of rotatable bonds is 5. The van der Waals surface area contributed by atoms with Gasteiger partial charge in [-0.05, 0) is 31.8 Å². The van der Waals surface area contributed by atoms with Crippen LogP contribution in [-0.4, -0.2) is 39.4 Å². The van der Waals surface area contributed by atoms with Crippen LogP contribution in [0.15, 0.2) is 44.1 Å². The Hall–Kier alpha value is -2.74. The lowest BCUT2D eigenvalue weighted by Gasteiger charge is -2.15. The summed E-state index contributed by atoms with van der Waals surface area (Å²) < 4.78 is 30.6. The van der Waals surface area contributed by atoms with Crippen molar-refractivity contribution in [3.8, 4) is 16.9 Å². The van der Waals surface area contributed by atoms with Crippen molar-refractivity contribution in [2.24, 2.45) is 17.0 Å². The second kappa shape index (κ2) is 7.02. The molecule has 1 aromatic heterocycles. The first-order chi connectivity index (χ1) is 11.7. The molecule has 2 aromatic rings. The van der Waals surface area contributed by atoms with Crippen molar-refractivity contribution in [3.63, 3.8) is 0 Å². The fourth-order valence-electron chi connectivity index (χ4n) is 2.47. The molecule has 7 nitrogen and oxygen atoms in total. The Morgan fingerprint density at radius 1 is 1.28 bits per heavy atom. The van der Waals surface area contributed by atoms with E-state index in [9.17, 15) is 13.2 Å². The van der Waals surface area contributed by atoms with E-state index in [4.69, 9.17) is 4.74 Å². The largest absolute Gasteiger partial charge is 0.496 e. The molecule has 1 aromatic carbocycles. The Kier molecular flexibility index (Phi) is 5.22. The minimum absolute atomic E-state index is 0.145. The Bertz CT molecular complexity index is 1020. The van der Waals surface area contributed by atoms with Gasteiger partial charge < -0.3 is 9.30 Å². The number of nitrogens with zero attached hydrogens (tertiary/aromatic N) is 3. The van der Waals surface area contributed by atoms with Crippen LogP contribution in [0.3, 0.4) is 0 Å². The van der Waals surface area contributed by atoms with Crippen molar-refractivity contribution in [1.29, 1.82) is 0 Å². The Balaban J connectivity index is 2.92. The number of hydrogen-bond acceptors (Lipinski definition) is 5. The summed E-state index contributed by atoms with van der Waals surface area (Å²) in [6.45, 7) is 4.99. The molecular weight excluding hydrogens is 342 g/mol. The van der Waals surface area contributed by atoms with Gasteiger partial charge in [-0.25, -0.2) is 13.4 Å². The van der Waals surface area contributed by atoms with Crippen LogP contribution in [0.2, 0.25) is 0 Å². The van der Waals surface area contributed by atoms with Crippen LogP contribution in [0.4, 0.5) is 5.69 Å². The summed E-state index contributed by atoms with van der Waals surface area (Å²) in [5.41, 5.74) is 1.66. The summed E-state index contributed by atoms with van der Waals surface area (Å²) in [5.74, 6) is 0.466. The zero-order valence-electron chi connectivity index (χ0n) is 14.5. The number of benzene rings is 1. The maximum Gasteiger partial charge on any atom is 0.255 e. The molecule has 0 unspecified atom stereocenters. The molecule has 0 bridgehead atoms. The van der Waals surface area contributed by atoms with Crippen LogP contribution < -0.4 is 10.3 Å². The van der Waals surface area contributed by atoms with Gasteiger partial charge in [0.05, 0.1) is 17.7 Å². The maximum absolute atomic E-state index is 12.2. The van der Waals surface area contributed by atoms with Gasteiger partial charge in [0.15, 0.2) is 9.84 Å². The quantitative estimate of drug-likeness (QED) is 0.603. The van der Waals surface area contributed by atoms with E-state index in [0.717, 1.165) is 6.26 Å². The summed E-state index contributed by atoms with van der Waals surface area (Å²) in [6, 6.07) is 4.56. The second-order valence-corrected chi connectivity index (χ2v) is 7.51. The third-order valence-corrected chi connectivity index (χ3v) is 4.84. The number of aliphatic imine (C=N–C) groups is 2. The van der Waals surface area contributed by atoms with Gasteiger partial charge in [-0.15, -0.1) is 0 Å². The first-order valence-corrected chi connectivity index (χ1v) is 9.17. The summed E-state index contributed by atoms with van der Waals surface area (Å²) in [7, 11) is -0.303. The van der Waals surface area contributed by atoms with Crippen molar-refractivity contribution in [1.82, 2.24) is 4.57 Å². The van der Waals surface area contributed by atoms with Crippen LogP contribution in [0, 0.1) is 6.92 Å². The van der Waals surface area contributed by atoms with Gasteiger partial charge in [0.25, 0.3) is 5.56 Å². The smallest absolute Gasteiger partial charge is 0.255 e. The van der Waals surface area contributed by atoms with E-state index in [-0.39, 0.29) is 10.5 Å². The molecule has 0 saturated heterocycles. The molecule has 0 atom stereocenters. The minimum Gasteiger partial charge on any atom is -0.496 e. The maximum atomic E-state index is 12.2. The van der Waals surface area contributed by atoms with Crippen molar-refractivity contribution >= 4 is 28.6 Å². The molecular formula is C17H19N3O4S. The average Bonchev–Trinajstić information content (AvgIpc) is 2.57. The van der Waals surface area contributed by atoms with Crippen LogP contribution in [-0.2, 0) is 16.9 Å². The highest BCUT2D eigenvalue weighted by Gasteiger charge is 2.18. The average molecular weight is 361 g/mol. The third-order valence-electron chi connectivity index (χ3n) is 3.73. The number of aromatic nitrogens is 1. The lowest BCUT2D eigenvalue weighted by Crippen LogP contribution is -2.19. The summed E-state index contributed by atoms with van der Waals surface area (Å²) in [5, 5.41) is 0. The van der Waals surface area contributed by atoms with Crippen molar-refractivity contribution < 1.29 is 13.2 Å². The molecule has 0 aliphatic heterocycles. The van der Waals surface area contributed by atoms with Crippen molar-refractivity contribution in [3.05, 3.63) is 40.3 Å². The third kappa shape index (κ3) is 3.69. The van der Waals surface area contributed by atoms with Crippen molar-refractivity contribution in [2.75, 3.05) is 13.4 Å². The van der Waals surface area contributed by atoms with Crippen LogP contribution >= 0.6 is 0 Å². The molecule has 0 saturated carbocycles. The van der Waals surface area contributed by atoms with Crippen molar-refractivity contribution in [2.45, 2.75) is 11.8 Å². The van der Waals surface area contributed by atoms with Gasteiger partial charge >= 0.3 is 0 Å². The second-order valence-electron chi connectivity index (χ2n) is 5.49. The zero-order chi connectivity index (χ0) is 18.8. The highest BCUT2D eigenvalue weighted by atomic mass is 32.2. The number of aryl methyl sites for hydroxylation is 1. The van der Waals surface area contributed by atoms with Gasteiger partial charge in [-0.1, -0.05) is 0 Å². The van der Waals surface area contributed by atoms with E-state index in [2.05, 4.69) is 16.7 Å². The van der Waals surface area contributed by atoms with Crippen LogP contribution in [0.5, 0.6) is 5.75 Å². The molecule has 0 N–H and O–H groups in total. The highest BCUT2D eigenvalue weighted by molar-refractivity contribution is 7.90. The molecule has 0 aliphatic rings. The topological polar surface area (TPSA) is 90.1 Å². The van der Waals surface area contributed by atoms with E-state index in [1.54, 1.807) is 26.2 Å². The SMILES string of the molecule is C=NC=Nc1c(-c2cc(S(C)(=O)=O)ccc2OC)cn(C)c(=O)c1C. The molecule has 0 aliphatic carbocycles. The van der Waals surface area contributed by atoms with E-state index in [1.807, 2.05) is 0 Å². The Labute approximate surface area is 146 Å². The first kappa shape index (κ1) is 18.6. The fraction of sp³-hybridized carbons (Fsp3) is 0.235. The number of sulfone groups is 1. The minimum atomic E-state index is -3.41. The molecule has 25 heavy (non-hydrogen) atoms. The lowest BCUT2D eigenvalue weighted by atomic mass is 10.0. The highest BCUT2D eigenvalue weighted by Crippen LogP contribution is 2.38. The monoisotopic (exact) mass is 361 g/mol. The van der Waals surface area contributed by atoms with Crippen LogP contribution in [0.1, 0.15) is 5.56 Å². The number of hydrogen-bond donors (Lipinski definition) is 0. The summed E-state index contributed by atoms with van der Waals surface area (Å²) in [6.07, 6.45) is 3.96. The number of methoxy groups -OCH3 is 1. The molecule has 2 rings (SSSR count). The molecule has 1 heterocycles. The molecule has 0 fully saturated rings. The first-order valence-electron chi connectivity index (χ1n) is 7.27. The predicted molar refractivity (Wildman–Crippen MR) is 99.2 cm³/mol. The Morgan fingerprint density at radius 3 is 2.52 bits per heavy atom. The van der Waals surface area contributed by atoms with Gasteiger partial charge in [-0.3, -0.25) is 9.79 Å². The standard InChI is InChI=1S/C17H19N3O4S/c1-11-16(19-10-18-2)14(9-20(3)17(11)21)13-8-12(25(5,22)23)6-7-15(13)24-4/h6-10H,2H2,1,3-5H3. The molecule has 0 radical (unpaired) electrons. The van der Waals surface area contributed by atoms with Gasteiger partial charge in [0.2, 0.25) is 0 Å². The zero-order valence-corrected chi connectivity index (χ0v) is 15.3. The fourth-order valence-corrected chi connectivity index (χ4v) is 3.12. The van der Waals surface area contributed by atoms with E-state index < -0.39 is 9.84 Å².